The predicted molar refractivity (Wildman–Crippen MR) is 149 cm³/mol. The Balaban J connectivity index is 1.69. The lowest BCUT2D eigenvalue weighted by Crippen LogP contribution is -2.47. The van der Waals surface area contributed by atoms with Crippen molar-refractivity contribution in [2.75, 3.05) is 11.4 Å². The summed E-state index contributed by atoms with van der Waals surface area (Å²) in [6.45, 7) is 6.06. The average molecular weight is 530 g/mol. The molecule has 1 atom stereocenters. The molecule has 38 heavy (non-hydrogen) atoms. The van der Waals surface area contributed by atoms with Crippen LogP contribution in [0.1, 0.15) is 57.9 Å². The lowest BCUT2D eigenvalue weighted by molar-refractivity contribution is -0.126. The normalized spacial score (nSPS) is 11.7. The smallest absolute Gasteiger partial charge is 0.261 e. The molecule has 196 valence electrons. The zero-order valence-corrected chi connectivity index (χ0v) is 22.5. The Morgan fingerprint density at radius 3 is 2.21 bits per heavy atom. The molecule has 0 saturated heterocycles. The fourth-order valence-corrected chi connectivity index (χ4v) is 4.68. The van der Waals surface area contributed by atoms with E-state index in [1.54, 1.807) is 35.9 Å². The van der Waals surface area contributed by atoms with Gasteiger partial charge in [0.2, 0.25) is 11.8 Å². The van der Waals surface area contributed by atoms with Crippen LogP contribution in [-0.4, -0.2) is 24.3 Å². The molecule has 0 fully saturated rings. The number of furan rings is 1. The largest absolute Gasteiger partial charge is 0.467 e. The van der Waals surface area contributed by atoms with Crippen LogP contribution in [0.4, 0.5) is 5.69 Å². The fourth-order valence-electron chi connectivity index (χ4n) is 4.04. The minimum absolute atomic E-state index is 0.178. The number of nitrogens with one attached hydrogen (secondary N) is 2. The Morgan fingerprint density at radius 1 is 0.895 bits per heavy atom. The molecular weight excluding hydrogens is 498 g/mol. The number of benzene rings is 2. The summed E-state index contributed by atoms with van der Waals surface area (Å²) in [7, 11) is 0. The van der Waals surface area contributed by atoms with Crippen LogP contribution in [0.25, 0.3) is 0 Å². The van der Waals surface area contributed by atoms with Gasteiger partial charge in [-0.15, -0.1) is 11.3 Å². The van der Waals surface area contributed by atoms with Crippen molar-refractivity contribution in [3.8, 4) is 0 Å². The first-order valence-corrected chi connectivity index (χ1v) is 13.3. The molecule has 3 amide bonds. The highest BCUT2D eigenvalue weighted by molar-refractivity contribution is 7.12. The van der Waals surface area contributed by atoms with E-state index in [4.69, 9.17) is 4.42 Å². The number of aryl methyl sites for hydroxylation is 1. The van der Waals surface area contributed by atoms with E-state index < -0.39 is 11.9 Å². The third kappa shape index (κ3) is 6.58. The number of hydrogen-bond acceptors (Lipinski definition) is 5. The lowest BCUT2D eigenvalue weighted by atomic mass is 9.99. The third-order valence-corrected chi connectivity index (χ3v) is 7.04. The van der Waals surface area contributed by atoms with E-state index in [-0.39, 0.29) is 24.9 Å². The maximum absolute atomic E-state index is 13.8. The van der Waals surface area contributed by atoms with Crippen LogP contribution in [0.15, 0.2) is 88.9 Å². The molecule has 2 aromatic carbocycles. The second-order valence-electron chi connectivity index (χ2n) is 9.28. The van der Waals surface area contributed by atoms with Crippen LogP contribution in [-0.2, 0) is 16.1 Å². The number of hydrogen-bond donors (Lipinski definition) is 2. The van der Waals surface area contributed by atoms with Crippen molar-refractivity contribution in [3.63, 3.8) is 0 Å². The van der Waals surface area contributed by atoms with E-state index in [1.807, 2.05) is 55.5 Å². The molecule has 7 nitrogen and oxygen atoms in total. The number of carbonyl (C=O) groups excluding carboxylic acids is 3. The van der Waals surface area contributed by atoms with Gasteiger partial charge < -0.3 is 15.1 Å². The molecule has 4 aromatic rings. The molecule has 0 unspecified atom stereocenters. The average Bonchev–Trinajstić information content (AvgIpc) is 3.64. The van der Waals surface area contributed by atoms with Crippen molar-refractivity contribution in [2.45, 2.75) is 39.3 Å². The van der Waals surface area contributed by atoms with Crippen molar-refractivity contribution >= 4 is 34.7 Å². The molecule has 0 spiro atoms. The minimum atomic E-state index is -0.971. The van der Waals surface area contributed by atoms with Crippen LogP contribution < -0.4 is 15.5 Å². The second kappa shape index (κ2) is 12.4. The van der Waals surface area contributed by atoms with E-state index in [9.17, 15) is 14.4 Å². The van der Waals surface area contributed by atoms with Gasteiger partial charge in [-0.2, -0.15) is 0 Å². The Bertz CT molecular complexity index is 1350. The molecule has 4 rings (SSSR count). The Kier molecular flexibility index (Phi) is 8.76. The summed E-state index contributed by atoms with van der Waals surface area (Å²) in [4.78, 5) is 42.0. The second-order valence-corrected chi connectivity index (χ2v) is 10.2. The summed E-state index contributed by atoms with van der Waals surface area (Å²) >= 11 is 1.30. The highest BCUT2D eigenvalue weighted by atomic mass is 32.1. The number of nitrogens with zero attached hydrogens (tertiary/aromatic N) is 1. The highest BCUT2D eigenvalue weighted by Crippen LogP contribution is 2.30. The molecule has 0 aliphatic carbocycles. The zero-order chi connectivity index (χ0) is 27.1. The van der Waals surface area contributed by atoms with Crippen molar-refractivity contribution in [1.29, 1.82) is 0 Å². The number of amides is 3. The molecule has 0 bridgehead atoms. The van der Waals surface area contributed by atoms with Gasteiger partial charge in [-0.3, -0.25) is 19.3 Å². The molecule has 2 N–H and O–H groups in total. The standard InChI is InChI=1S/C30H31N3O4S/c1-20(2)22-12-14-24(15-13-22)33(27(34)19-32-29(35)26-7-5-17-38-26)28(23-10-8-21(3)9-11-23)30(36)31-18-25-6-4-16-37-25/h4-17,20,28H,18-19H2,1-3H3,(H,31,36)(H,32,35)/t28-/m0/s1. The van der Waals surface area contributed by atoms with Crippen LogP contribution in [0.2, 0.25) is 0 Å². The Hall–Kier alpha value is -4.17. The van der Waals surface area contributed by atoms with Crippen LogP contribution in [0, 0.1) is 6.92 Å². The van der Waals surface area contributed by atoms with Gasteiger partial charge in [0.1, 0.15) is 11.8 Å². The highest BCUT2D eigenvalue weighted by Gasteiger charge is 2.33. The van der Waals surface area contributed by atoms with Crippen molar-refractivity contribution in [1.82, 2.24) is 10.6 Å². The molecule has 2 heterocycles. The van der Waals surface area contributed by atoms with E-state index in [2.05, 4.69) is 24.5 Å². The van der Waals surface area contributed by atoms with E-state index in [0.29, 0.717) is 27.8 Å². The van der Waals surface area contributed by atoms with Crippen molar-refractivity contribution in [3.05, 3.63) is 112 Å². The predicted octanol–water partition coefficient (Wildman–Crippen LogP) is 5.59. The van der Waals surface area contributed by atoms with Crippen molar-refractivity contribution in [2.24, 2.45) is 0 Å². The van der Waals surface area contributed by atoms with Gasteiger partial charge in [0.15, 0.2) is 0 Å². The summed E-state index contributed by atoms with van der Waals surface area (Å²) < 4.78 is 5.37. The molecule has 0 aliphatic rings. The Labute approximate surface area is 226 Å². The molecule has 0 radical (unpaired) electrons. The first-order valence-electron chi connectivity index (χ1n) is 12.4. The molecule has 8 heteroatoms. The summed E-state index contributed by atoms with van der Waals surface area (Å²) in [6.07, 6.45) is 1.54. The number of anilines is 1. The van der Waals surface area contributed by atoms with Gasteiger partial charge in [0.05, 0.1) is 24.2 Å². The fraction of sp³-hybridized carbons (Fsp3) is 0.233. The molecule has 0 saturated carbocycles. The first kappa shape index (κ1) is 26.9. The van der Waals surface area contributed by atoms with Crippen LogP contribution >= 0.6 is 11.3 Å². The topological polar surface area (TPSA) is 91.7 Å². The van der Waals surface area contributed by atoms with E-state index in [0.717, 1.165) is 11.1 Å². The quantitative estimate of drug-likeness (QED) is 0.280. The third-order valence-electron chi connectivity index (χ3n) is 6.17. The SMILES string of the molecule is Cc1ccc([C@@H](C(=O)NCc2ccco2)N(C(=O)CNC(=O)c2cccs2)c2ccc(C(C)C)cc2)cc1. The number of rotatable bonds is 10. The van der Waals surface area contributed by atoms with Gasteiger partial charge in [0, 0.05) is 5.69 Å². The number of thiophene rings is 1. The van der Waals surface area contributed by atoms with E-state index >= 15 is 0 Å². The van der Waals surface area contributed by atoms with Gasteiger partial charge in [-0.05, 0) is 59.7 Å². The lowest BCUT2D eigenvalue weighted by Gasteiger charge is -2.32. The zero-order valence-electron chi connectivity index (χ0n) is 21.6. The molecule has 0 aliphatic heterocycles. The van der Waals surface area contributed by atoms with Gasteiger partial charge in [-0.1, -0.05) is 61.9 Å². The summed E-state index contributed by atoms with van der Waals surface area (Å²) in [6, 6.07) is 21.1. The maximum Gasteiger partial charge on any atom is 0.261 e. The van der Waals surface area contributed by atoms with Crippen LogP contribution in [0.5, 0.6) is 0 Å². The van der Waals surface area contributed by atoms with Gasteiger partial charge in [-0.25, -0.2) is 0 Å². The minimum Gasteiger partial charge on any atom is -0.467 e. The summed E-state index contributed by atoms with van der Waals surface area (Å²) in [5.74, 6) is -0.203. The monoisotopic (exact) mass is 529 g/mol. The van der Waals surface area contributed by atoms with Crippen molar-refractivity contribution < 1.29 is 18.8 Å². The molecule has 2 aromatic heterocycles. The summed E-state index contributed by atoms with van der Waals surface area (Å²) in [5, 5.41) is 7.42. The van der Waals surface area contributed by atoms with E-state index in [1.165, 1.54) is 16.2 Å². The van der Waals surface area contributed by atoms with Gasteiger partial charge >= 0.3 is 0 Å². The number of carbonyl (C=O) groups is 3. The Morgan fingerprint density at radius 2 is 1.61 bits per heavy atom. The summed E-state index contributed by atoms with van der Waals surface area (Å²) in [5.41, 5.74) is 3.36. The van der Waals surface area contributed by atoms with Crippen LogP contribution in [0.3, 0.4) is 0 Å². The van der Waals surface area contributed by atoms with Gasteiger partial charge in [0.25, 0.3) is 5.91 Å². The first-order chi connectivity index (χ1) is 18.3. The maximum atomic E-state index is 13.8. The molecular formula is C30H31N3O4S.